The lowest BCUT2D eigenvalue weighted by atomic mass is 10.1. The zero-order valence-corrected chi connectivity index (χ0v) is 16.3. The maximum absolute atomic E-state index is 12.3. The van der Waals surface area contributed by atoms with Crippen LogP contribution in [0.3, 0.4) is 0 Å². The molecule has 0 saturated carbocycles. The molecule has 1 aliphatic heterocycles. The summed E-state index contributed by atoms with van der Waals surface area (Å²) in [5.74, 6) is -0.998. The molecule has 2 aromatic carbocycles. The van der Waals surface area contributed by atoms with Gasteiger partial charge in [0.2, 0.25) is 10.0 Å². The van der Waals surface area contributed by atoms with Crippen LogP contribution in [0.15, 0.2) is 42.5 Å². The van der Waals surface area contributed by atoms with Crippen molar-refractivity contribution < 1.29 is 18.0 Å². The van der Waals surface area contributed by atoms with Crippen LogP contribution in [0.25, 0.3) is 0 Å². The molecule has 9 heteroatoms. The van der Waals surface area contributed by atoms with Gasteiger partial charge in [0.05, 0.1) is 11.9 Å². The Morgan fingerprint density at radius 2 is 1.70 bits per heavy atom. The molecule has 1 atom stereocenters. The van der Waals surface area contributed by atoms with Crippen LogP contribution in [-0.2, 0) is 16.4 Å². The minimum Gasteiger partial charge on any atom is -0.267 e. The molecule has 0 saturated heterocycles. The Bertz CT molecular complexity index is 1020. The summed E-state index contributed by atoms with van der Waals surface area (Å²) in [7, 11) is -3.39. The largest absolute Gasteiger partial charge is 0.269 e. The zero-order valence-electron chi connectivity index (χ0n) is 14.7. The molecule has 1 aliphatic rings. The van der Waals surface area contributed by atoms with Crippen molar-refractivity contribution in [3.05, 3.63) is 64.2 Å². The molecule has 0 spiro atoms. The second-order valence-electron chi connectivity index (χ2n) is 6.37. The summed E-state index contributed by atoms with van der Waals surface area (Å²) < 4.78 is 25.3. The summed E-state index contributed by atoms with van der Waals surface area (Å²) >= 11 is 5.84. The fourth-order valence-electron chi connectivity index (χ4n) is 3.14. The summed E-state index contributed by atoms with van der Waals surface area (Å²) in [5.41, 5.74) is 6.65. The standard InChI is InChI=1S/C18H18ClN3O4S/c1-11-8-14-9-13(6-7-16(14)22(11)27(2,25)26)18(24)21-20-17(23)12-4-3-5-15(19)10-12/h3-7,9-11H,8H2,1-2H3,(H,20,23)(H,21,24). The molecule has 0 radical (unpaired) electrons. The number of anilines is 1. The van der Waals surface area contributed by atoms with Crippen LogP contribution in [0.2, 0.25) is 5.02 Å². The minimum atomic E-state index is -3.39. The molecule has 1 heterocycles. The normalized spacial score (nSPS) is 16.0. The van der Waals surface area contributed by atoms with Gasteiger partial charge in [0.15, 0.2) is 0 Å². The molecule has 0 bridgehead atoms. The quantitative estimate of drug-likeness (QED) is 0.762. The Morgan fingerprint density at radius 3 is 2.30 bits per heavy atom. The van der Waals surface area contributed by atoms with E-state index in [4.69, 9.17) is 11.6 Å². The molecule has 142 valence electrons. The molecule has 0 aliphatic carbocycles. The monoisotopic (exact) mass is 407 g/mol. The number of carbonyl (C=O) groups excluding carboxylic acids is 2. The second-order valence-corrected chi connectivity index (χ2v) is 8.67. The van der Waals surface area contributed by atoms with Crippen LogP contribution in [0, 0.1) is 0 Å². The van der Waals surface area contributed by atoms with Crippen molar-refractivity contribution in [1.29, 1.82) is 0 Å². The third kappa shape index (κ3) is 4.06. The number of hydrogen-bond donors (Lipinski definition) is 2. The summed E-state index contributed by atoms with van der Waals surface area (Å²) in [6, 6.07) is 10.9. The summed E-state index contributed by atoms with van der Waals surface area (Å²) in [5, 5.41) is 0.414. The van der Waals surface area contributed by atoms with E-state index in [9.17, 15) is 18.0 Å². The molecule has 0 fully saturated rings. The molecular weight excluding hydrogens is 390 g/mol. The molecule has 3 rings (SSSR count). The van der Waals surface area contributed by atoms with Crippen molar-refractivity contribution in [1.82, 2.24) is 10.9 Å². The highest BCUT2D eigenvalue weighted by Crippen LogP contribution is 2.34. The molecule has 2 amide bonds. The van der Waals surface area contributed by atoms with Crippen LogP contribution in [0.5, 0.6) is 0 Å². The number of amides is 2. The van der Waals surface area contributed by atoms with E-state index in [0.717, 1.165) is 11.8 Å². The van der Waals surface area contributed by atoms with Gasteiger partial charge in [0, 0.05) is 22.2 Å². The van der Waals surface area contributed by atoms with Crippen LogP contribution < -0.4 is 15.2 Å². The number of nitrogens with one attached hydrogen (secondary N) is 2. The van der Waals surface area contributed by atoms with E-state index in [2.05, 4.69) is 10.9 Å². The van der Waals surface area contributed by atoms with Gasteiger partial charge in [-0.1, -0.05) is 17.7 Å². The van der Waals surface area contributed by atoms with Crippen LogP contribution in [0.4, 0.5) is 5.69 Å². The van der Waals surface area contributed by atoms with E-state index in [1.165, 1.54) is 16.4 Å². The lowest BCUT2D eigenvalue weighted by Gasteiger charge is -2.21. The summed E-state index contributed by atoms with van der Waals surface area (Å²) in [6.45, 7) is 1.81. The Hall–Kier alpha value is -2.58. The predicted octanol–water partition coefficient (Wildman–Crippen LogP) is 2.13. The number of halogens is 1. The van der Waals surface area contributed by atoms with Crippen molar-refractivity contribution in [2.75, 3.05) is 10.6 Å². The molecule has 2 N–H and O–H groups in total. The first-order valence-electron chi connectivity index (χ1n) is 8.15. The molecule has 0 aromatic heterocycles. The van der Waals surface area contributed by atoms with Crippen molar-refractivity contribution in [3.8, 4) is 0 Å². The molecule has 1 unspecified atom stereocenters. The Morgan fingerprint density at radius 1 is 1.07 bits per heavy atom. The number of hydrogen-bond acceptors (Lipinski definition) is 4. The fourth-order valence-corrected chi connectivity index (χ4v) is 4.59. The third-order valence-electron chi connectivity index (χ3n) is 4.23. The molecular formula is C18H18ClN3O4S. The zero-order chi connectivity index (χ0) is 19.8. The van der Waals surface area contributed by atoms with Gasteiger partial charge in [-0.05, 0) is 55.3 Å². The van der Waals surface area contributed by atoms with E-state index in [-0.39, 0.29) is 6.04 Å². The van der Waals surface area contributed by atoms with Gasteiger partial charge >= 0.3 is 0 Å². The number of hydrazine groups is 1. The number of benzene rings is 2. The topological polar surface area (TPSA) is 95.6 Å². The van der Waals surface area contributed by atoms with Gasteiger partial charge in [-0.3, -0.25) is 24.7 Å². The number of fused-ring (bicyclic) bond motifs is 1. The first-order valence-corrected chi connectivity index (χ1v) is 10.4. The molecule has 27 heavy (non-hydrogen) atoms. The lowest BCUT2D eigenvalue weighted by molar-refractivity contribution is 0.0846. The first kappa shape index (κ1) is 19.2. The Labute approximate surface area is 162 Å². The van der Waals surface area contributed by atoms with Crippen LogP contribution in [-0.4, -0.2) is 32.5 Å². The summed E-state index contributed by atoms with van der Waals surface area (Å²) in [6.07, 6.45) is 1.67. The summed E-state index contributed by atoms with van der Waals surface area (Å²) in [4.78, 5) is 24.4. The van der Waals surface area contributed by atoms with Crippen molar-refractivity contribution in [3.63, 3.8) is 0 Å². The number of rotatable bonds is 3. The highest BCUT2D eigenvalue weighted by Gasteiger charge is 2.32. The molecule has 2 aromatic rings. The van der Waals surface area contributed by atoms with Crippen molar-refractivity contribution in [2.24, 2.45) is 0 Å². The second kappa shape index (κ2) is 7.21. The van der Waals surface area contributed by atoms with Gasteiger partial charge in [-0.25, -0.2) is 8.42 Å². The lowest BCUT2D eigenvalue weighted by Crippen LogP contribution is -2.41. The molecule has 7 nitrogen and oxygen atoms in total. The van der Waals surface area contributed by atoms with Gasteiger partial charge in [0.1, 0.15) is 0 Å². The van der Waals surface area contributed by atoms with E-state index in [0.29, 0.717) is 28.3 Å². The smallest absolute Gasteiger partial charge is 0.267 e. The number of carbonyl (C=O) groups is 2. The van der Waals surface area contributed by atoms with Crippen molar-refractivity contribution >= 4 is 39.1 Å². The third-order valence-corrected chi connectivity index (χ3v) is 5.73. The number of nitrogens with zero attached hydrogens (tertiary/aromatic N) is 1. The first-order chi connectivity index (χ1) is 12.7. The van der Waals surface area contributed by atoms with Crippen molar-refractivity contribution in [2.45, 2.75) is 19.4 Å². The van der Waals surface area contributed by atoms with Gasteiger partial charge in [0.25, 0.3) is 11.8 Å². The van der Waals surface area contributed by atoms with Gasteiger partial charge in [-0.15, -0.1) is 0 Å². The van der Waals surface area contributed by atoms with Gasteiger partial charge in [-0.2, -0.15) is 0 Å². The maximum atomic E-state index is 12.3. The maximum Gasteiger partial charge on any atom is 0.269 e. The predicted molar refractivity (Wildman–Crippen MR) is 103 cm³/mol. The van der Waals surface area contributed by atoms with E-state index in [1.54, 1.807) is 30.3 Å². The van der Waals surface area contributed by atoms with E-state index < -0.39 is 21.8 Å². The highest BCUT2D eigenvalue weighted by atomic mass is 35.5. The number of sulfonamides is 1. The van der Waals surface area contributed by atoms with E-state index >= 15 is 0 Å². The van der Waals surface area contributed by atoms with Crippen LogP contribution in [0.1, 0.15) is 33.2 Å². The Kier molecular flexibility index (Phi) is 5.12. The van der Waals surface area contributed by atoms with E-state index in [1.807, 2.05) is 6.92 Å². The SMILES string of the molecule is CC1Cc2cc(C(=O)NNC(=O)c3cccc(Cl)c3)ccc2N1S(C)(=O)=O. The van der Waals surface area contributed by atoms with Crippen LogP contribution >= 0.6 is 11.6 Å². The fraction of sp³-hybridized carbons (Fsp3) is 0.222. The highest BCUT2D eigenvalue weighted by molar-refractivity contribution is 7.92. The minimum absolute atomic E-state index is 0.212. The van der Waals surface area contributed by atoms with Gasteiger partial charge < -0.3 is 0 Å². The average Bonchev–Trinajstić information content (AvgIpc) is 2.94. The average molecular weight is 408 g/mol. The Balaban J connectivity index is 1.72.